The van der Waals surface area contributed by atoms with Crippen LogP contribution in [-0.4, -0.2) is 29.9 Å². The lowest BCUT2D eigenvalue weighted by Crippen LogP contribution is -2.30. The fraction of sp³-hybridized carbons (Fsp3) is 0.174. The number of thiophene rings is 1. The van der Waals surface area contributed by atoms with Crippen LogP contribution in [-0.2, 0) is 19.4 Å². The van der Waals surface area contributed by atoms with Gasteiger partial charge in [-0.05, 0) is 37.0 Å². The van der Waals surface area contributed by atoms with Gasteiger partial charge >= 0.3 is 5.69 Å². The molecule has 0 unspecified atom stereocenters. The Morgan fingerprint density at radius 2 is 1.87 bits per heavy atom. The largest absolute Gasteiger partial charge is 0.352 e. The van der Waals surface area contributed by atoms with Crippen LogP contribution in [0.5, 0.6) is 0 Å². The van der Waals surface area contributed by atoms with E-state index < -0.39 is 0 Å². The summed E-state index contributed by atoms with van der Waals surface area (Å²) in [7, 11) is 0. The number of pyridine rings is 1. The molecular weight excluding hydrogens is 410 g/mol. The summed E-state index contributed by atoms with van der Waals surface area (Å²) >= 11 is 1.60. The van der Waals surface area contributed by atoms with Crippen LogP contribution in [0, 0.1) is 0 Å². The molecule has 0 atom stereocenters. The van der Waals surface area contributed by atoms with Gasteiger partial charge in [-0.15, -0.1) is 16.4 Å². The number of fused-ring (bicyclic) bond motifs is 5. The highest BCUT2D eigenvalue weighted by Crippen LogP contribution is 2.38. The van der Waals surface area contributed by atoms with Crippen LogP contribution in [0.2, 0.25) is 0 Å². The Hall–Kier alpha value is -3.65. The molecule has 0 bridgehead atoms. The molecular formula is C23H17N5O2S. The maximum atomic E-state index is 13.4. The number of carbonyl (C=O) groups is 1. The Balaban J connectivity index is 1.60. The van der Waals surface area contributed by atoms with Crippen LogP contribution < -0.4 is 5.69 Å². The Kier molecular flexibility index (Phi) is 4.07. The van der Waals surface area contributed by atoms with Crippen molar-refractivity contribution in [3.05, 3.63) is 81.3 Å². The van der Waals surface area contributed by atoms with Gasteiger partial charge in [0.2, 0.25) is 0 Å². The quantitative estimate of drug-likeness (QED) is 0.410. The van der Waals surface area contributed by atoms with Crippen molar-refractivity contribution in [2.75, 3.05) is 0 Å². The highest BCUT2D eigenvalue weighted by atomic mass is 32.1. The van der Waals surface area contributed by atoms with Gasteiger partial charge in [-0.25, -0.2) is 9.78 Å². The summed E-state index contributed by atoms with van der Waals surface area (Å²) in [6.07, 6.45) is 6.39. The van der Waals surface area contributed by atoms with Gasteiger partial charge in [-0.1, -0.05) is 30.3 Å². The maximum Gasteiger partial charge on any atom is 0.352 e. The van der Waals surface area contributed by atoms with Crippen molar-refractivity contribution >= 4 is 33.0 Å². The SMILES string of the molecule is O=C(Cn1c(=O)n2nc(-c3ccncc3)nc2c2c3c(sc21)CCC3)c1ccccc1. The van der Waals surface area contributed by atoms with Gasteiger partial charge < -0.3 is 0 Å². The van der Waals surface area contributed by atoms with Gasteiger partial charge in [0.15, 0.2) is 17.3 Å². The molecule has 0 saturated carbocycles. The lowest BCUT2D eigenvalue weighted by molar-refractivity contribution is 0.0972. The minimum Gasteiger partial charge on any atom is -0.292 e. The van der Waals surface area contributed by atoms with E-state index in [2.05, 4.69) is 10.1 Å². The van der Waals surface area contributed by atoms with Gasteiger partial charge in [0.25, 0.3) is 0 Å². The molecule has 152 valence electrons. The summed E-state index contributed by atoms with van der Waals surface area (Å²) in [5.41, 5.74) is 2.83. The Bertz CT molecular complexity index is 1520. The second-order valence-electron chi connectivity index (χ2n) is 7.60. The molecule has 0 aliphatic heterocycles. The Morgan fingerprint density at radius 3 is 2.68 bits per heavy atom. The summed E-state index contributed by atoms with van der Waals surface area (Å²) < 4.78 is 2.91. The van der Waals surface area contributed by atoms with E-state index in [0.717, 1.165) is 35.0 Å². The first-order valence-electron chi connectivity index (χ1n) is 10.1. The summed E-state index contributed by atoms with van der Waals surface area (Å²) in [5, 5.41) is 5.47. The molecule has 0 fully saturated rings. The maximum absolute atomic E-state index is 13.4. The molecule has 8 heteroatoms. The number of carbonyl (C=O) groups excluding carboxylic acids is 1. The number of hydrogen-bond acceptors (Lipinski definition) is 6. The topological polar surface area (TPSA) is 82.2 Å². The zero-order valence-electron chi connectivity index (χ0n) is 16.5. The monoisotopic (exact) mass is 427 g/mol. The Labute approximate surface area is 180 Å². The second-order valence-corrected chi connectivity index (χ2v) is 8.69. The molecule has 1 aliphatic rings. The fourth-order valence-electron chi connectivity index (χ4n) is 4.24. The van der Waals surface area contributed by atoms with Crippen molar-refractivity contribution in [1.29, 1.82) is 0 Å². The third-order valence-electron chi connectivity index (χ3n) is 5.73. The first kappa shape index (κ1) is 18.1. The van der Waals surface area contributed by atoms with E-state index in [9.17, 15) is 9.59 Å². The number of benzene rings is 1. The van der Waals surface area contributed by atoms with Crippen LogP contribution in [0.1, 0.15) is 27.2 Å². The van der Waals surface area contributed by atoms with Crippen LogP contribution in [0.25, 0.3) is 27.3 Å². The smallest absolute Gasteiger partial charge is 0.292 e. The van der Waals surface area contributed by atoms with Gasteiger partial charge in [0, 0.05) is 28.4 Å². The Morgan fingerprint density at radius 1 is 1.06 bits per heavy atom. The molecule has 0 amide bonds. The van der Waals surface area contributed by atoms with E-state index >= 15 is 0 Å². The molecule has 0 saturated heterocycles. The number of hydrogen-bond donors (Lipinski definition) is 0. The van der Waals surface area contributed by atoms with Crippen molar-refractivity contribution in [3.8, 4) is 11.4 Å². The standard InChI is InChI=1S/C23H17N5O2S/c29-17(14-5-2-1-3-6-14)13-27-22-19(16-7-4-8-18(16)31-22)21-25-20(26-28(21)23(27)30)15-9-11-24-12-10-15/h1-3,5-6,9-12H,4,7-8,13H2. The van der Waals surface area contributed by atoms with Crippen LogP contribution in [0.3, 0.4) is 0 Å². The van der Waals surface area contributed by atoms with Crippen molar-refractivity contribution < 1.29 is 4.79 Å². The fourth-order valence-corrected chi connectivity index (χ4v) is 5.62. The summed E-state index contributed by atoms with van der Waals surface area (Å²) in [6.45, 7) is -0.0286. The molecule has 0 radical (unpaired) electrons. The number of ketones is 1. The molecule has 31 heavy (non-hydrogen) atoms. The molecule has 7 nitrogen and oxygen atoms in total. The van der Waals surface area contributed by atoms with E-state index in [-0.39, 0.29) is 18.0 Å². The zero-order chi connectivity index (χ0) is 20.9. The van der Waals surface area contributed by atoms with E-state index in [1.165, 1.54) is 15.0 Å². The van der Waals surface area contributed by atoms with Crippen molar-refractivity contribution in [3.63, 3.8) is 0 Å². The summed E-state index contributed by atoms with van der Waals surface area (Å²) in [5.74, 6) is 0.372. The van der Waals surface area contributed by atoms with Crippen LogP contribution in [0.4, 0.5) is 0 Å². The molecule has 5 aromatic rings. The predicted molar refractivity (Wildman–Crippen MR) is 119 cm³/mol. The zero-order valence-corrected chi connectivity index (χ0v) is 17.3. The van der Waals surface area contributed by atoms with Gasteiger partial charge in [0.1, 0.15) is 4.83 Å². The van der Waals surface area contributed by atoms with Crippen molar-refractivity contribution in [2.24, 2.45) is 0 Å². The van der Waals surface area contributed by atoms with E-state index in [0.29, 0.717) is 17.0 Å². The predicted octanol–water partition coefficient (Wildman–Crippen LogP) is 3.54. The summed E-state index contributed by atoms with van der Waals surface area (Å²) in [4.78, 5) is 37.2. The number of nitrogens with zero attached hydrogens (tertiary/aromatic N) is 5. The molecule has 6 rings (SSSR count). The average Bonchev–Trinajstić information content (AvgIpc) is 3.52. The second kappa shape index (κ2) is 6.95. The normalized spacial score (nSPS) is 13.2. The lowest BCUT2D eigenvalue weighted by Gasteiger charge is -2.08. The van der Waals surface area contributed by atoms with Gasteiger partial charge in [-0.3, -0.25) is 14.3 Å². The molecule has 0 N–H and O–H groups in total. The third kappa shape index (κ3) is 2.83. The van der Waals surface area contributed by atoms with Gasteiger partial charge in [0.05, 0.1) is 11.9 Å². The number of aromatic nitrogens is 5. The van der Waals surface area contributed by atoms with E-state index in [1.807, 2.05) is 30.3 Å². The van der Waals surface area contributed by atoms with E-state index in [1.54, 1.807) is 40.4 Å². The van der Waals surface area contributed by atoms with Crippen LogP contribution >= 0.6 is 11.3 Å². The first-order valence-corrected chi connectivity index (χ1v) is 10.9. The third-order valence-corrected chi connectivity index (χ3v) is 7.04. The van der Waals surface area contributed by atoms with Crippen LogP contribution in [0.15, 0.2) is 59.7 Å². The number of rotatable bonds is 4. The van der Waals surface area contributed by atoms with Gasteiger partial charge in [-0.2, -0.15) is 4.52 Å². The molecule has 1 aliphatic carbocycles. The number of Topliss-reactive ketones (excluding diaryl/α,β-unsaturated/α-hetero) is 1. The number of aryl methyl sites for hydroxylation is 2. The molecule has 4 heterocycles. The highest BCUT2D eigenvalue weighted by Gasteiger charge is 2.26. The summed E-state index contributed by atoms with van der Waals surface area (Å²) in [6, 6.07) is 12.7. The van der Waals surface area contributed by atoms with Crippen molar-refractivity contribution in [1.82, 2.24) is 24.1 Å². The first-order chi connectivity index (χ1) is 15.2. The highest BCUT2D eigenvalue weighted by molar-refractivity contribution is 7.19. The average molecular weight is 427 g/mol. The lowest BCUT2D eigenvalue weighted by atomic mass is 10.1. The molecule has 1 aromatic carbocycles. The minimum atomic E-state index is -0.348. The van der Waals surface area contributed by atoms with E-state index in [4.69, 9.17) is 4.98 Å². The minimum absolute atomic E-state index is 0.0286. The van der Waals surface area contributed by atoms with Crippen molar-refractivity contribution in [2.45, 2.75) is 25.8 Å². The molecule has 4 aromatic heterocycles. The molecule has 0 spiro atoms.